The third-order valence-corrected chi connectivity index (χ3v) is 5.05. The second kappa shape index (κ2) is 7.35. The fourth-order valence-electron chi connectivity index (χ4n) is 3.11. The number of pyridine rings is 1. The van der Waals surface area contributed by atoms with Gasteiger partial charge >= 0.3 is 0 Å². The van der Waals surface area contributed by atoms with Gasteiger partial charge in [0.15, 0.2) is 0 Å². The minimum atomic E-state index is -0.551. The smallest absolute Gasteiger partial charge is 0.261 e. The van der Waals surface area contributed by atoms with Crippen molar-refractivity contribution in [2.75, 3.05) is 6.61 Å². The molecular formula is C19H20ClN3O3. The second-order valence-electron chi connectivity index (χ2n) is 6.31. The molecule has 3 aromatic rings. The first-order valence-electron chi connectivity index (χ1n) is 8.28. The predicted molar refractivity (Wildman–Crippen MR) is 102 cm³/mol. The Balaban J connectivity index is 1.84. The molecule has 0 fully saturated rings. The highest BCUT2D eigenvalue weighted by Gasteiger charge is 2.21. The standard InChI is InChI=1S/C19H20ClN3O3/c1-10-16(18(25)22-11(2)17(10)20)19(26)23-13(9-24)7-12-8-21-15-6-4-3-5-14(12)15/h3-6,8,13,21,24H,7,9H2,1-2H3,(H,22,25)(H,23,26)/t13-/m0/s1. The number of fused-ring (bicyclic) bond motifs is 1. The minimum absolute atomic E-state index is 0.0297. The van der Waals surface area contributed by atoms with Crippen molar-refractivity contribution in [3.8, 4) is 0 Å². The van der Waals surface area contributed by atoms with Crippen LogP contribution in [0.15, 0.2) is 35.3 Å². The van der Waals surface area contributed by atoms with Crippen LogP contribution in [0.3, 0.4) is 0 Å². The molecule has 7 heteroatoms. The van der Waals surface area contributed by atoms with Gasteiger partial charge in [0.2, 0.25) is 0 Å². The van der Waals surface area contributed by atoms with Crippen LogP contribution in [0, 0.1) is 13.8 Å². The van der Waals surface area contributed by atoms with Gasteiger partial charge < -0.3 is 20.4 Å². The van der Waals surface area contributed by atoms with Crippen LogP contribution in [0.4, 0.5) is 0 Å². The SMILES string of the molecule is Cc1[nH]c(=O)c(C(=O)N[C@H](CO)Cc2c[nH]c3ccccc23)c(C)c1Cl. The lowest BCUT2D eigenvalue weighted by molar-refractivity contribution is 0.0914. The summed E-state index contributed by atoms with van der Waals surface area (Å²) in [4.78, 5) is 30.5. The molecule has 2 aromatic heterocycles. The number of amides is 1. The van der Waals surface area contributed by atoms with Gasteiger partial charge in [0.25, 0.3) is 11.5 Å². The van der Waals surface area contributed by atoms with E-state index in [4.69, 9.17) is 11.6 Å². The quantitative estimate of drug-likeness (QED) is 0.553. The fraction of sp³-hybridized carbons (Fsp3) is 0.263. The van der Waals surface area contributed by atoms with Crippen molar-refractivity contribution in [1.82, 2.24) is 15.3 Å². The topological polar surface area (TPSA) is 98.0 Å². The van der Waals surface area contributed by atoms with Crippen molar-refractivity contribution in [2.45, 2.75) is 26.3 Å². The third kappa shape index (κ3) is 3.38. The van der Waals surface area contributed by atoms with Crippen LogP contribution in [0.5, 0.6) is 0 Å². The number of aliphatic hydroxyl groups excluding tert-OH is 1. The third-order valence-electron chi connectivity index (χ3n) is 4.49. The Morgan fingerprint density at radius 1 is 1.31 bits per heavy atom. The van der Waals surface area contributed by atoms with Crippen LogP contribution in [-0.2, 0) is 6.42 Å². The van der Waals surface area contributed by atoms with Gasteiger partial charge in [-0.05, 0) is 37.5 Å². The Labute approximate surface area is 155 Å². The molecule has 2 heterocycles. The molecule has 26 heavy (non-hydrogen) atoms. The van der Waals surface area contributed by atoms with Gasteiger partial charge in [0, 0.05) is 22.8 Å². The maximum atomic E-state index is 12.6. The molecule has 0 aliphatic carbocycles. The number of halogens is 1. The first-order chi connectivity index (χ1) is 12.4. The van der Waals surface area contributed by atoms with Gasteiger partial charge in [-0.3, -0.25) is 9.59 Å². The zero-order valence-electron chi connectivity index (χ0n) is 14.5. The highest BCUT2D eigenvalue weighted by atomic mass is 35.5. The van der Waals surface area contributed by atoms with Crippen LogP contribution in [0.25, 0.3) is 10.9 Å². The number of benzene rings is 1. The number of aromatic nitrogens is 2. The van der Waals surface area contributed by atoms with Gasteiger partial charge in [-0.1, -0.05) is 29.8 Å². The summed E-state index contributed by atoms with van der Waals surface area (Å²) < 4.78 is 0. The molecule has 0 aliphatic heterocycles. The molecule has 136 valence electrons. The molecule has 0 saturated heterocycles. The molecule has 0 radical (unpaired) electrons. The van der Waals surface area contributed by atoms with Crippen LogP contribution >= 0.6 is 11.6 Å². The Bertz CT molecular complexity index is 1020. The van der Waals surface area contributed by atoms with Gasteiger partial charge in [-0.15, -0.1) is 0 Å². The highest BCUT2D eigenvalue weighted by molar-refractivity contribution is 6.32. The number of nitrogens with one attached hydrogen (secondary N) is 3. The number of rotatable bonds is 5. The molecule has 0 spiro atoms. The van der Waals surface area contributed by atoms with Crippen LogP contribution < -0.4 is 10.9 Å². The van der Waals surface area contributed by atoms with Crippen molar-refractivity contribution in [2.24, 2.45) is 0 Å². The molecule has 0 unspecified atom stereocenters. The highest BCUT2D eigenvalue weighted by Crippen LogP contribution is 2.20. The van der Waals surface area contributed by atoms with E-state index in [1.165, 1.54) is 0 Å². The van der Waals surface area contributed by atoms with Crippen molar-refractivity contribution in [1.29, 1.82) is 0 Å². The average Bonchev–Trinajstić information content (AvgIpc) is 3.02. The summed E-state index contributed by atoms with van der Waals surface area (Å²) in [6.45, 7) is 3.06. The fourth-order valence-corrected chi connectivity index (χ4v) is 3.25. The first-order valence-corrected chi connectivity index (χ1v) is 8.65. The number of aromatic amines is 2. The molecular weight excluding hydrogens is 354 g/mol. The molecule has 0 saturated carbocycles. The van der Waals surface area contributed by atoms with E-state index < -0.39 is 17.5 Å². The number of aliphatic hydroxyl groups is 1. The van der Waals surface area contributed by atoms with Gasteiger partial charge in [-0.25, -0.2) is 0 Å². The van der Waals surface area contributed by atoms with Crippen LogP contribution in [0.2, 0.25) is 5.02 Å². The van der Waals surface area contributed by atoms with E-state index in [2.05, 4.69) is 15.3 Å². The summed E-state index contributed by atoms with van der Waals surface area (Å²) in [5, 5.41) is 13.8. The molecule has 6 nitrogen and oxygen atoms in total. The number of aryl methyl sites for hydroxylation is 1. The minimum Gasteiger partial charge on any atom is -0.394 e. The Kier molecular flexibility index (Phi) is 5.15. The lowest BCUT2D eigenvalue weighted by Crippen LogP contribution is -2.41. The first kappa shape index (κ1) is 18.2. The lowest BCUT2D eigenvalue weighted by Gasteiger charge is -2.17. The zero-order valence-corrected chi connectivity index (χ0v) is 15.3. The average molecular weight is 374 g/mol. The van der Waals surface area contributed by atoms with Crippen molar-refractivity contribution >= 4 is 28.4 Å². The van der Waals surface area contributed by atoms with Crippen molar-refractivity contribution in [3.63, 3.8) is 0 Å². The van der Waals surface area contributed by atoms with E-state index in [1.807, 2.05) is 30.5 Å². The predicted octanol–water partition coefficient (Wildman–Crippen LogP) is 2.46. The number of para-hydroxylation sites is 1. The normalized spacial score (nSPS) is 12.3. The molecule has 1 amide bonds. The van der Waals surface area contributed by atoms with E-state index >= 15 is 0 Å². The number of hydrogen-bond acceptors (Lipinski definition) is 3. The summed E-state index contributed by atoms with van der Waals surface area (Å²) in [6.07, 6.45) is 2.29. The number of H-pyrrole nitrogens is 2. The maximum absolute atomic E-state index is 12.6. The molecule has 0 bridgehead atoms. The number of carbonyl (C=O) groups excluding carboxylic acids is 1. The van der Waals surface area contributed by atoms with E-state index in [0.717, 1.165) is 16.5 Å². The number of hydrogen-bond donors (Lipinski definition) is 4. The Hall–Kier alpha value is -2.57. The van der Waals surface area contributed by atoms with Gasteiger partial charge in [0.05, 0.1) is 17.7 Å². The van der Waals surface area contributed by atoms with E-state index in [1.54, 1.807) is 13.8 Å². The van der Waals surface area contributed by atoms with E-state index in [-0.39, 0.29) is 12.2 Å². The lowest BCUT2D eigenvalue weighted by atomic mass is 10.0. The molecule has 1 atom stereocenters. The molecule has 3 rings (SSSR count). The van der Waals surface area contributed by atoms with Crippen molar-refractivity contribution < 1.29 is 9.90 Å². The van der Waals surface area contributed by atoms with E-state index in [0.29, 0.717) is 22.7 Å². The Morgan fingerprint density at radius 2 is 2.04 bits per heavy atom. The molecule has 0 aliphatic rings. The summed E-state index contributed by atoms with van der Waals surface area (Å²) >= 11 is 6.15. The summed E-state index contributed by atoms with van der Waals surface area (Å²) in [6, 6.07) is 7.28. The number of carbonyl (C=O) groups is 1. The molecule has 4 N–H and O–H groups in total. The van der Waals surface area contributed by atoms with Gasteiger partial charge in [0.1, 0.15) is 5.56 Å². The molecule has 1 aromatic carbocycles. The largest absolute Gasteiger partial charge is 0.394 e. The second-order valence-corrected chi connectivity index (χ2v) is 6.69. The summed E-state index contributed by atoms with van der Waals surface area (Å²) in [7, 11) is 0. The Morgan fingerprint density at radius 3 is 2.77 bits per heavy atom. The van der Waals surface area contributed by atoms with Crippen molar-refractivity contribution in [3.05, 3.63) is 68.2 Å². The van der Waals surface area contributed by atoms with E-state index in [9.17, 15) is 14.7 Å². The maximum Gasteiger partial charge on any atom is 0.261 e. The monoisotopic (exact) mass is 373 g/mol. The zero-order chi connectivity index (χ0) is 18.8. The van der Waals surface area contributed by atoms with Crippen LogP contribution in [0.1, 0.15) is 27.2 Å². The summed E-state index contributed by atoms with van der Waals surface area (Å²) in [5.41, 5.74) is 2.39. The van der Waals surface area contributed by atoms with Gasteiger partial charge in [-0.2, -0.15) is 0 Å². The summed E-state index contributed by atoms with van der Waals surface area (Å²) in [5.74, 6) is -0.551. The van der Waals surface area contributed by atoms with Crippen LogP contribution in [-0.4, -0.2) is 33.6 Å².